The molecule has 1 aromatic rings. The van der Waals surface area contributed by atoms with E-state index in [0.717, 1.165) is 24.7 Å². The molecular weight excluding hydrogens is 280 g/mol. The summed E-state index contributed by atoms with van der Waals surface area (Å²) in [5.41, 5.74) is 2.60. The van der Waals surface area contributed by atoms with Crippen LogP contribution in [0.4, 0.5) is 5.69 Å². The molecule has 1 N–H and O–H groups in total. The molecule has 0 aliphatic carbocycles. The van der Waals surface area contributed by atoms with Crippen molar-refractivity contribution in [2.45, 2.75) is 59.0 Å². The molecule has 0 amide bonds. The number of halogens is 1. The van der Waals surface area contributed by atoms with Gasteiger partial charge in [-0.15, -0.1) is 0 Å². The van der Waals surface area contributed by atoms with E-state index in [1.54, 1.807) is 0 Å². The first-order valence-corrected chi connectivity index (χ1v) is 8.76. The molecule has 2 rings (SSSR count). The van der Waals surface area contributed by atoms with Gasteiger partial charge in [-0.25, -0.2) is 0 Å². The van der Waals surface area contributed by atoms with Gasteiger partial charge in [0.05, 0.1) is 0 Å². The zero-order chi connectivity index (χ0) is 15.2. The molecule has 21 heavy (non-hydrogen) atoms. The summed E-state index contributed by atoms with van der Waals surface area (Å²) in [7, 11) is 0. The van der Waals surface area contributed by atoms with Crippen molar-refractivity contribution < 1.29 is 0 Å². The topological polar surface area (TPSA) is 15.3 Å². The molecule has 1 aromatic carbocycles. The van der Waals surface area contributed by atoms with E-state index < -0.39 is 0 Å². The number of nitrogens with one attached hydrogen (secondary N) is 1. The summed E-state index contributed by atoms with van der Waals surface area (Å²) in [6.07, 6.45) is 5.17. The number of hydrogen-bond donors (Lipinski definition) is 1. The third-order valence-corrected chi connectivity index (χ3v) is 4.71. The SMILES string of the molecule is CCC1CCCCN1c1cccc(Cl)c1CNCC(C)C. The average molecular weight is 309 g/mol. The molecule has 1 atom stereocenters. The summed E-state index contributed by atoms with van der Waals surface area (Å²) in [6.45, 7) is 9.82. The lowest BCUT2D eigenvalue weighted by atomic mass is 9.98. The Balaban J connectivity index is 2.19. The van der Waals surface area contributed by atoms with Crippen LogP contribution in [-0.4, -0.2) is 19.1 Å². The molecule has 0 radical (unpaired) electrons. The van der Waals surface area contributed by atoms with E-state index in [9.17, 15) is 0 Å². The Morgan fingerprint density at radius 1 is 1.33 bits per heavy atom. The Bertz CT molecular complexity index is 445. The highest BCUT2D eigenvalue weighted by molar-refractivity contribution is 6.31. The lowest BCUT2D eigenvalue weighted by molar-refractivity contribution is 0.448. The Kier molecular flexibility index (Phi) is 6.38. The van der Waals surface area contributed by atoms with Crippen molar-refractivity contribution in [3.63, 3.8) is 0 Å². The van der Waals surface area contributed by atoms with Gasteiger partial charge in [0.25, 0.3) is 0 Å². The van der Waals surface area contributed by atoms with Gasteiger partial charge in [-0.2, -0.15) is 0 Å². The molecule has 0 saturated carbocycles. The molecule has 0 bridgehead atoms. The summed E-state index contributed by atoms with van der Waals surface area (Å²) in [5, 5.41) is 4.44. The van der Waals surface area contributed by atoms with Crippen molar-refractivity contribution in [3.8, 4) is 0 Å². The molecular formula is C18H29ClN2. The lowest BCUT2D eigenvalue weighted by Gasteiger charge is -2.38. The highest BCUT2D eigenvalue weighted by Gasteiger charge is 2.23. The number of anilines is 1. The summed E-state index contributed by atoms with van der Waals surface area (Å²) in [4.78, 5) is 2.59. The number of nitrogens with zero attached hydrogens (tertiary/aromatic N) is 1. The van der Waals surface area contributed by atoms with Crippen molar-refractivity contribution in [2.75, 3.05) is 18.0 Å². The molecule has 0 spiro atoms. The highest BCUT2D eigenvalue weighted by atomic mass is 35.5. The van der Waals surface area contributed by atoms with Crippen LogP contribution in [0.1, 0.15) is 52.0 Å². The predicted octanol–water partition coefficient (Wildman–Crippen LogP) is 4.85. The van der Waals surface area contributed by atoms with E-state index in [4.69, 9.17) is 11.6 Å². The minimum atomic E-state index is 0.661. The second-order valence-electron chi connectivity index (χ2n) is 6.51. The summed E-state index contributed by atoms with van der Waals surface area (Å²) in [6, 6.07) is 7.01. The van der Waals surface area contributed by atoms with Crippen LogP contribution >= 0.6 is 11.6 Å². The third kappa shape index (κ3) is 4.37. The second-order valence-corrected chi connectivity index (χ2v) is 6.92. The first-order valence-electron chi connectivity index (χ1n) is 8.38. The number of piperidine rings is 1. The maximum absolute atomic E-state index is 6.49. The van der Waals surface area contributed by atoms with Crippen LogP contribution in [0.5, 0.6) is 0 Å². The summed E-state index contributed by atoms with van der Waals surface area (Å²) < 4.78 is 0. The van der Waals surface area contributed by atoms with Crippen LogP contribution in [-0.2, 0) is 6.54 Å². The van der Waals surface area contributed by atoms with Gasteiger partial charge in [0.1, 0.15) is 0 Å². The fourth-order valence-corrected chi connectivity index (χ4v) is 3.46. The van der Waals surface area contributed by atoms with Crippen molar-refractivity contribution in [1.29, 1.82) is 0 Å². The van der Waals surface area contributed by atoms with Crippen molar-refractivity contribution in [3.05, 3.63) is 28.8 Å². The van der Waals surface area contributed by atoms with E-state index >= 15 is 0 Å². The highest BCUT2D eigenvalue weighted by Crippen LogP contribution is 2.33. The second kappa shape index (κ2) is 8.05. The number of hydrogen-bond acceptors (Lipinski definition) is 2. The third-order valence-electron chi connectivity index (χ3n) is 4.36. The van der Waals surface area contributed by atoms with E-state index in [0.29, 0.717) is 12.0 Å². The molecule has 1 heterocycles. The number of rotatable bonds is 6. The van der Waals surface area contributed by atoms with E-state index in [1.807, 2.05) is 6.07 Å². The maximum atomic E-state index is 6.49. The van der Waals surface area contributed by atoms with Crippen LogP contribution in [0.15, 0.2) is 18.2 Å². The first-order chi connectivity index (χ1) is 10.1. The van der Waals surface area contributed by atoms with Gasteiger partial charge in [-0.1, -0.05) is 38.4 Å². The minimum absolute atomic E-state index is 0.661. The van der Waals surface area contributed by atoms with Crippen LogP contribution in [0.3, 0.4) is 0 Å². The van der Waals surface area contributed by atoms with Crippen LogP contribution in [0.25, 0.3) is 0 Å². The largest absolute Gasteiger partial charge is 0.368 e. The Morgan fingerprint density at radius 3 is 2.86 bits per heavy atom. The van der Waals surface area contributed by atoms with Gasteiger partial charge >= 0.3 is 0 Å². The average Bonchev–Trinajstić information content (AvgIpc) is 2.48. The van der Waals surface area contributed by atoms with Crippen LogP contribution in [0.2, 0.25) is 5.02 Å². The minimum Gasteiger partial charge on any atom is -0.368 e. The first kappa shape index (κ1) is 16.6. The molecule has 3 heteroatoms. The zero-order valence-corrected chi connectivity index (χ0v) is 14.4. The predicted molar refractivity (Wildman–Crippen MR) is 93.3 cm³/mol. The van der Waals surface area contributed by atoms with Gasteiger partial charge in [0.2, 0.25) is 0 Å². The Morgan fingerprint density at radius 2 is 2.14 bits per heavy atom. The molecule has 118 valence electrons. The molecule has 1 aliphatic rings. The zero-order valence-electron chi connectivity index (χ0n) is 13.7. The molecule has 0 aromatic heterocycles. The maximum Gasteiger partial charge on any atom is 0.0471 e. The molecule has 1 fully saturated rings. The lowest BCUT2D eigenvalue weighted by Crippen LogP contribution is -2.40. The van der Waals surface area contributed by atoms with Crippen molar-refractivity contribution in [2.24, 2.45) is 5.92 Å². The van der Waals surface area contributed by atoms with Gasteiger partial charge in [0.15, 0.2) is 0 Å². The van der Waals surface area contributed by atoms with Crippen LogP contribution in [0, 0.1) is 5.92 Å². The molecule has 1 saturated heterocycles. The van der Waals surface area contributed by atoms with E-state index in [2.05, 4.69) is 43.1 Å². The fraction of sp³-hybridized carbons (Fsp3) is 0.667. The Labute approximate surface area is 134 Å². The van der Waals surface area contributed by atoms with Gasteiger partial charge in [-0.3, -0.25) is 0 Å². The molecule has 2 nitrogen and oxygen atoms in total. The van der Waals surface area contributed by atoms with E-state index in [1.165, 1.54) is 36.9 Å². The summed E-state index contributed by atoms with van der Waals surface area (Å²) >= 11 is 6.49. The van der Waals surface area contributed by atoms with E-state index in [-0.39, 0.29) is 0 Å². The van der Waals surface area contributed by atoms with Gasteiger partial charge in [0, 0.05) is 35.4 Å². The van der Waals surface area contributed by atoms with Crippen molar-refractivity contribution >= 4 is 17.3 Å². The Hall–Kier alpha value is -0.730. The van der Waals surface area contributed by atoms with Gasteiger partial charge < -0.3 is 10.2 Å². The van der Waals surface area contributed by atoms with Crippen LogP contribution < -0.4 is 10.2 Å². The summed E-state index contributed by atoms with van der Waals surface area (Å²) in [5.74, 6) is 0.661. The smallest absolute Gasteiger partial charge is 0.0471 e. The number of benzene rings is 1. The fourth-order valence-electron chi connectivity index (χ4n) is 3.22. The monoisotopic (exact) mass is 308 g/mol. The van der Waals surface area contributed by atoms with Gasteiger partial charge in [-0.05, 0) is 50.3 Å². The molecule has 1 aliphatic heterocycles. The normalized spacial score (nSPS) is 19.3. The molecule has 1 unspecified atom stereocenters. The quantitative estimate of drug-likeness (QED) is 0.807. The van der Waals surface area contributed by atoms with Crippen molar-refractivity contribution in [1.82, 2.24) is 5.32 Å². The standard InChI is InChI=1S/C18H29ClN2/c1-4-15-8-5-6-11-21(15)18-10-7-9-17(19)16(18)13-20-12-14(2)3/h7,9-10,14-15,20H,4-6,8,11-13H2,1-3H3.